The molecule has 1 heterocycles. The van der Waals surface area contributed by atoms with Crippen LogP contribution in [-0.2, 0) is 6.61 Å². The molecule has 0 spiro atoms. The zero-order valence-electron chi connectivity index (χ0n) is 20.8. The molecule has 188 valence electrons. The largest absolute Gasteiger partial charge is 0.488 e. The first-order valence-corrected chi connectivity index (χ1v) is 12.6. The molecule has 0 radical (unpaired) electrons. The molecule has 0 fully saturated rings. The van der Waals surface area contributed by atoms with E-state index in [4.69, 9.17) is 16.3 Å². The van der Waals surface area contributed by atoms with Crippen molar-refractivity contribution in [2.24, 2.45) is 5.10 Å². The van der Waals surface area contributed by atoms with Crippen molar-refractivity contribution >= 4 is 23.7 Å². The van der Waals surface area contributed by atoms with Crippen molar-refractivity contribution in [2.75, 3.05) is 0 Å². The fourth-order valence-electron chi connectivity index (χ4n) is 4.19. The Hall–Kier alpha value is -4.61. The van der Waals surface area contributed by atoms with Gasteiger partial charge in [0.2, 0.25) is 0 Å². The minimum atomic E-state index is -0.297. The van der Waals surface area contributed by atoms with E-state index >= 15 is 0 Å². The number of hydrogen-bond acceptors (Lipinski definition) is 3. The van der Waals surface area contributed by atoms with Crippen LogP contribution in [-0.4, -0.2) is 16.7 Å². The number of rotatable bonds is 8. The smallest absolute Gasteiger partial charge is 0.271 e. The highest BCUT2D eigenvalue weighted by atomic mass is 35.5. The first-order chi connectivity index (χ1) is 18.6. The lowest BCUT2D eigenvalue weighted by molar-refractivity contribution is 0.0955. The van der Waals surface area contributed by atoms with Crippen molar-refractivity contribution < 1.29 is 9.53 Å². The first-order valence-electron chi connectivity index (χ1n) is 12.2. The number of benzene rings is 4. The zero-order chi connectivity index (χ0) is 26.3. The van der Waals surface area contributed by atoms with Crippen LogP contribution in [0.2, 0.25) is 5.02 Å². The lowest BCUT2D eigenvalue weighted by Crippen LogP contribution is -2.17. The number of ether oxygens (including phenoxy) is 1. The second kappa shape index (κ2) is 11.6. The van der Waals surface area contributed by atoms with E-state index in [2.05, 4.69) is 46.3 Å². The molecule has 0 bridgehead atoms. The van der Waals surface area contributed by atoms with Gasteiger partial charge in [-0.1, -0.05) is 72.3 Å². The maximum absolute atomic E-state index is 12.7. The lowest BCUT2D eigenvalue weighted by atomic mass is 10.1. The van der Waals surface area contributed by atoms with E-state index in [-0.39, 0.29) is 5.91 Å². The van der Waals surface area contributed by atoms with Gasteiger partial charge in [0.1, 0.15) is 12.4 Å². The Morgan fingerprint density at radius 2 is 1.58 bits per heavy atom. The molecule has 38 heavy (non-hydrogen) atoms. The van der Waals surface area contributed by atoms with Crippen LogP contribution in [0.3, 0.4) is 0 Å². The van der Waals surface area contributed by atoms with Crippen molar-refractivity contribution in [3.8, 4) is 22.7 Å². The standard InChI is InChI=1S/C32H26ClN3O2/c1-23-15-20-30(24-9-3-2-4-10-24)36(23)28-18-16-25(17-19-28)32(37)35-34-21-26-11-6-8-14-31(26)38-22-27-12-5-7-13-29(27)33/h2-21H,22H2,1H3,(H,35,37)/b34-21+. The Bertz CT molecular complexity index is 1570. The molecule has 0 aliphatic carbocycles. The zero-order valence-corrected chi connectivity index (χ0v) is 21.6. The van der Waals surface area contributed by atoms with Crippen LogP contribution in [0.1, 0.15) is 27.2 Å². The van der Waals surface area contributed by atoms with Crippen LogP contribution in [0.5, 0.6) is 5.75 Å². The number of nitrogens with zero attached hydrogens (tertiary/aromatic N) is 2. The summed E-state index contributed by atoms with van der Waals surface area (Å²) in [4.78, 5) is 12.7. The van der Waals surface area contributed by atoms with Gasteiger partial charge in [-0.15, -0.1) is 0 Å². The summed E-state index contributed by atoms with van der Waals surface area (Å²) in [6.45, 7) is 2.40. The molecular weight excluding hydrogens is 494 g/mol. The quantitative estimate of drug-likeness (QED) is 0.171. The molecule has 1 amide bonds. The average molecular weight is 520 g/mol. The van der Waals surface area contributed by atoms with Crippen molar-refractivity contribution in [1.29, 1.82) is 0 Å². The number of aromatic nitrogens is 1. The van der Waals surface area contributed by atoms with Gasteiger partial charge in [0.25, 0.3) is 5.91 Å². The molecule has 0 saturated carbocycles. The number of hydrogen-bond donors (Lipinski definition) is 1. The summed E-state index contributed by atoms with van der Waals surface area (Å²) < 4.78 is 8.13. The molecule has 5 aromatic rings. The second-order valence-electron chi connectivity index (χ2n) is 8.73. The van der Waals surface area contributed by atoms with Crippen LogP contribution in [0.25, 0.3) is 16.9 Å². The second-order valence-corrected chi connectivity index (χ2v) is 9.13. The van der Waals surface area contributed by atoms with Crippen LogP contribution in [0.15, 0.2) is 120 Å². The normalized spacial score (nSPS) is 11.0. The van der Waals surface area contributed by atoms with Gasteiger partial charge in [-0.3, -0.25) is 4.79 Å². The summed E-state index contributed by atoms with van der Waals surface area (Å²) in [5.74, 6) is 0.348. The minimum absolute atomic E-state index is 0.297. The Balaban J connectivity index is 1.26. The molecule has 1 aromatic heterocycles. The van der Waals surface area contributed by atoms with E-state index in [1.165, 1.54) is 0 Å². The Labute approximate surface area is 227 Å². The summed E-state index contributed by atoms with van der Waals surface area (Å²) >= 11 is 6.23. The summed E-state index contributed by atoms with van der Waals surface area (Å²) in [5, 5.41) is 4.81. The van der Waals surface area contributed by atoms with Gasteiger partial charge in [0, 0.05) is 33.1 Å². The molecule has 1 N–H and O–H groups in total. The predicted molar refractivity (Wildman–Crippen MR) is 153 cm³/mol. The monoisotopic (exact) mass is 519 g/mol. The van der Waals surface area contributed by atoms with Gasteiger partial charge < -0.3 is 9.30 Å². The number of para-hydroxylation sites is 1. The van der Waals surface area contributed by atoms with E-state index in [0.29, 0.717) is 22.9 Å². The predicted octanol–water partition coefficient (Wildman–Crippen LogP) is 7.45. The topological polar surface area (TPSA) is 55.6 Å². The molecule has 5 nitrogen and oxygen atoms in total. The number of halogens is 1. The van der Waals surface area contributed by atoms with Gasteiger partial charge in [-0.2, -0.15) is 5.10 Å². The SMILES string of the molecule is Cc1ccc(-c2ccccc2)n1-c1ccc(C(=O)N/N=C/c2ccccc2OCc2ccccc2Cl)cc1. The molecule has 4 aromatic carbocycles. The van der Waals surface area contributed by atoms with Gasteiger partial charge >= 0.3 is 0 Å². The molecule has 5 rings (SSSR count). The van der Waals surface area contributed by atoms with E-state index in [0.717, 1.165) is 33.8 Å². The summed E-state index contributed by atoms with van der Waals surface area (Å²) in [5.41, 5.74) is 9.08. The van der Waals surface area contributed by atoms with Gasteiger partial charge in [0.05, 0.1) is 11.9 Å². The summed E-state index contributed by atoms with van der Waals surface area (Å²) in [7, 11) is 0. The van der Waals surface area contributed by atoms with Crippen molar-refractivity contribution in [2.45, 2.75) is 13.5 Å². The Kier molecular flexibility index (Phi) is 7.67. The Morgan fingerprint density at radius 3 is 2.37 bits per heavy atom. The van der Waals surface area contributed by atoms with Crippen molar-refractivity contribution in [3.05, 3.63) is 143 Å². The van der Waals surface area contributed by atoms with E-state index in [9.17, 15) is 4.79 Å². The molecule has 6 heteroatoms. The fourth-order valence-corrected chi connectivity index (χ4v) is 4.38. The first kappa shape index (κ1) is 25.1. The molecule has 0 aliphatic heterocycles. The highest BCUT2D eigenvalue weighted by Gasteiger charge is 2.11. The average Bonchev–Trinajstić information content (AvgIpc) is 3.35. The maximum Gasteiger partial charge on any atom is 0.271 e. The summed E-state index contributed by atoms with van der Waals surface area (Å²) in [6, 6.07) is 37.0. The van der Waals surface area contributed by atoms with Crippen LogP contribution in [0.4, 0.5) is 0 Å². The molecule has 0 saturated heterocycles. The highest BCUT2D eigenvalue weighted by molar-refractivity contribution is 6.31. The van der Waals surface area contributed by atoms with Crippen LogP contribution < -0.4 is 10.2 Å². The summed E-state index contributed by atoms with van der Waals surface area (Å²) in [6.07, 6.45) is 1.57. The van der Waals surface area contributed by atoms with Crippen LogP contribution >= 0.6 is 11.6 Å². The fraction of sp³-hybridized carbons (Fsp3) is 0.0625. The van der Waals surface area contributed by atoms with E-state index < -0.39 is 0 Å². The highest BCUT2D eigenvalue weighted by Crippen LogP contribution is 2.26. The van der Waals surface area contributed by atoms with Crippen molar-refractivity contribution in [1.82, 2.24) is 9.99 Å². The number of hydrazone groups is 1. The van der Waals surface area contributed by atoms with Gasteiger partial charge in [0.15, 0.2) is 0 Å². The van der Waals surface area contributed by atoms with Crippen molar-refractivity contribution in [3.63, 3.8) is 0 Å². The third-order valence-electron chi connectivity index (χ3n) is 6.16. The number of amides is 1. The molecule has 0 aliphatic rings. The van der Waals surface area contributed by atoms with E-state index in [1.807, 2.05) is 78.9 Å². The van der Waals surface area contributed by atoms with Gasteiger partial charge in [-0.25, -0.2) is 5.43 Å². The third kappa shape index (κ3) is 5.69. The number of nitrogens with one attached hydrogen (secondary N) is 1. The number of aryl methyl sites for hydroxylation is 1. The number of carbonyl (C=O) groups excluding carboxylic acids is 1. The molecule has 0 atom stereocenters. The molecular formula is C32H26ClN3O2. The lowest BCUT2D eigenvalue weighted by Gasteiger charge is -2.13. The Morgan fingerprint density at radius 1 is 0.868 bits per heavy atom. The maximum atomic E-state index is 12.7. The van der Waals surface area contributed by atoms with Gasteiger partial charge in [-0.05, 0) is 67.1 Å². The number of carbonyl (C=O) groups is 1. The van der Waals surface area contributed by atoms with Crippen LogP contribution in [0, 0.1) is 6.92 Å². The minimum Gasteiger partial charge on any atom is -0.488 e. The molecule has 0 unspecified atom stereocenters. The van der Waals surface area contributed by atoms with E-state index in [1.54, 1.807) is 18.3 Å². The third-order valence-corrected chi connectivity index (χ3v) is 6.53.